The highest BCUT2D eigenvalue weighted by Crippen LogP contribution is 2.38. The molecule has 0 aromatic carbocycles. The molecule has 9 heteroatoms. The molecule has 0 radical (unpaired) electrons. The van der Waals surface area contributed by atoms with E-state index in [2.05, 4.69) is 19.2 Å². The van der Waals surface area contributed by atoms with E-state index >= 15 is 0 Å². The van der Waals surface area contributed by atoms with E-state index < -0.39 is 20.0 Å². The van der Waals surface area contributed by atoms with E-state index in [1.54, 1.807) is 0 Å². The standard InChI is InChI=1S/C29H61N2O6P/c1-6-8-10-12-13-14-15-16-17-18-19-20-22-28(32)27(30-29(33)23-21-11-9-7-2)26-37-38(34,35)36-25-24-31(3,4)5/h27-28,32H,6-26H2,1-5H3,(H-,30,33,34,35). The molecular weight excluding hydrogens is 503 g/mol. The van der Waals surface area contributed by atoms with Crippen molar-refractivity contribution in [3.8, 4) is 0 Å². The molecule has 3 atom stereocenters. The van der Waals surface area contributed by atoms with Crippen LogP contribution in [0.25, 0.3) is 0 Å². The first-order valence-corrected chi connectivity index (χ1v) is 16.8. The molecule has 0 rings (SSSR count). The number of hydrogen-bond donors (Lipinski definition) is 2. The van der Waals surface area contributed by atoms with Crippen molar-refractivity contribution in [3.63, 3.8) is 0 Å². The maximum Gasteiger partial charge on any atom is 0.268 e. The van der Waals surface area contributed by atoms with Crippen LogP contribution in [0.1, 0.15) is 129 Å². The number of amides is 1. The summed E-state index contributed by atoms with van der Waals surface area (Å²) in [7, 11) is 1.30. The minimum absolute atomic E-state index is 0.0140. The molecule has 0 aromatic rings. The first kappa shape index (κ1) is 37.5. The molecule has 38 heavy (non-hydrogen) atoms. The van der Waals surface area contributed by atoms with Gasteiger partial charge in [0.25, 0.3) is 7.82 Å². The Bertz CT molecular complexity index is 614. The van der Waals surface area contributed by atoms with Crippen LogP contribution in [0.15, 0.2) is 0 Å². The molecule has 8 nitrogen and oxygen atoms in total. The van der Waals surface area contributed by atoms with Crippen LogP contribution in [-0.2, 0) is 18.4 Å². The van der Waals surface area contributed by atoms with Crippen LogP contribution >= 0.6 is 7.82 Å². The van der Waals surface area contributed by atoms with E-state index in [9.17, 15) is 19.4 Å². The third-order valence-corrected chi connectivity index (χ3v) is 7.81. The second-order valence-corrected chi connectivity index (χ2v) is 13.2. The Labute approximate surface area is 234 Å². The number of aliphatic hydroxyl groups is 1. The maximum absolute atomic E-state index is 12.4. The average molecular weight is 565 g/mol. The molecule has 1 amide bonds. The molecule has 0 saturated carbocycles. The highest BCUT2D eigenvalue weighted by Gasteiger charge is 2.24. The van der Waals surface area contributed by atoms with E-state index in [-0.39, 0.29) is 19.1 Å². The van der Waals surface area contributed by atoms with Gasteiger partial charge < -0.3 is 28.8 Å². The molecule has 0 bridgehead atoms. The first-order valence-electron chi connectivity index (χ1n) is 15.4. The second-order valence-electron chi connectivity index (χ2n) is 11.8. The summed E-state index contributed by atoms with van der Waals surface area (Å²) in [6.07, 6.45) is 18.6. The van der Waals surface area contributed by atoms with Crippen LogP contribution in [0.3, 0.4) is 0 Å². The Morgan fingerprint density at radius 3 is 1.79 bits per heavy atom. The van der Waals surface area contributed by atoms with Gasteiger partial charge in [0, 0.05) is 6.42 Å². The fraction of sp³-hybridized carbons (Fsp3) is 0.966. The SMILES string of the molecule is CCCCCCCCCCCCCCC(O)C(COP(=O)([O-])OCC[N+](C)(C)C)NC(=O)CCCCCC. The molecule has 0 fully saturated rings. The Morgan fingerprint density at radius 1 is 0.816 bits per heavy atom. The number of quaternary nitrogens is 1. The number of phosphoric ester groups is 1. The molecule has 0 aliphatic heterocycles. The zero-order valence-electron chi connectivity index (χ0n) is 25.4. The van der Waals surface area contributed by atoms with Gasteiger partial charge in [-0.3, -0.25) is 9.36 Å². The van der Waals surface area contributed by atoms with Crippen LogP contribution in [0.4, 0.5) is 0 Å². The van der Waals surface area contributed by atoms with Gasteiger partial charge in [0.1, 0.15) is 13.2 Å². The molecule has 228 valence electrons. The highest BCUT2D eigenvalue weighted by atomic mass is 31.2. The minimum Gasteiger partial charge on any atom is -0.756 e. The summed E-state index contributed by atoms with van der Waals surface area (Å²) in [6, 6.07) is -0.786. The number of carbonyl (C=O) groups is 1. The predicted molar refractivity (Wildman–Crippen MR) is 155 cm³/mol. The molecular formula is C29H61N2O6P. The van der Waals surface area contributed by atoms with Crippen molar-refractivity contribution in [1.82, 2.24) is 5.32 Å². The normalized spacial score (nSPS) is 15.2. The summed E-state index contributed by atoms with van der Waals surface area (Å²) in [5.74, 6) is -0.185. The monoisotopic (exact) mass is 564 g/mol. The lowest BCUT2D eigenvalue weighted by Crippen LogP contribution is -2.46. The first-order chi connectivity index (χ1) is 18.0. The number of phosphoric acid groups is 1. The van der Waals surface area contributed by atoms with E-state index in [1.807, 2.05) is 21.1 Å². The Hall–Kier alpha value is -0.500. The van der Waals surface area contributed by atoms with E-state index in [1.165, 1.54) is 57.8 Å². The number of nitrogens with zero attached hydrogens (tertiary/aromatic N) is 1. The molecule has 0 aliphatic carbocycles. The van der Waals surface area contributed by atoms with E-state index in [0.717, 1.165) is 44.9 Å². The third kappa shape index (κ3) is 24.5. The lowest BCUT2D eigenvalue weighted by molar-refractivity contribution is -0.870. The van der Waals surface area contributed by atoms with Gasteiger partial charge in [-0.2, -0.15) is 0 Å². The van der Waals surface area contributed by atoms with Gasteiger partial charge in [-0.25, -0.2) is 0 Å². The van der Waals surface area contributed by atoms with Crippen molar-refractivity contribution < 1.29 is 32.9 Å². The molecule has 0 aliphatic rings. The number of carbonyl (C=O) groups excluding carboxylic acids is 1. The molecule has 0 spiro atoms. The van der Waals surface area contributed by atoms with Gasteiger partial charge in [-0.1, -0.05) is 110 Å². The largest absolute Gasteiger partial charge is 0.756 e. The lowest BCUT2D eigenvalue weighted by Gasteiger charge is -2.30. The number of aliphatic hydroxyl groups excluding tert-OH is 1. The summed E-state index contributed by atoms with van der Waals surface area (Å²) < 4.78 is 22.9. The summed E-state index contributed by atoms with van der Waals surface area (Å²) in [6.45, 7) is 4.55. The zero-order valence-corrected chi connectivity index (χ0v) is 26.3. The average Bonchev–Trinajstić information content (AvgIpc) is 2.84. The van der Waals surface area contributed by atoms with Gasteiger partial charge in [-0.05, 0) is 12.8 Å². The van der Waals surface area contributed by atoms with Crippen molar-refractivity contribution >= 4 is 13.7 Å². The minimum atomic E-state index is -4.53. The van der Waals surface area contributed by atoms with Crippen LogP contribution in [0.2, 0.25) is 0 Å². The van der Waals surface area contributed by atoms with Crippen molar-refractivity contribution in [2.45, 2.75) is 142 Å². The quantitative estimate of drug-likeness (QED) is 0.0709. The predicted octanol–water partition coefficient (Wildman–Crippen LogP) is 6.10. The number of unbranched alkanes of at least 4 members (excludes halogenated alkanes) is 14. The van der Waals surface area contributed by atoms with E-state index in [4.69, 9.17) is 9.05 Å². The molecule has 0 saturated heterocycles. The summed E-state index contributed by atoms with van der Waals surface area (Å²) in [5.41, 5.74) is 0. The lowest BCUT2D eigenvalue weighted by atomic mass is 10.0. The second kappa shape index (κ2) is 23.2. The molecule has 0 heterocycles. The number of nitrogens with one attached hydrogen (secondary N) is 1. The van der Waals surface area contributed by atoms with E-state index in [0.29, 0.717) is 23.9 Å². The summed E-state index contributed by atoms with van der Waals surface area (Å²) in [5, 5.41) is 13.6. The molecule has 0 aromatic heterocycles. The van der Waals surface area contributed by atoms with Crippen molar-refractivity contribution in [2.24, 2.45) is 0 Å². The number of rotatable bonds is 27. The van der Waals surface area contributed by atoms with Gasteiger partial charge >= 0.3 is 0 Å². The van der Waals surface area contributed by atoms with Crippen LogP contribution in [-0.4, -0.2) is 68.5 Å². The Morgan fingerprint density at radius 2 is 1.29 bits per heavy atom. The maximum atomic E-state index is 12.4. The van der Waals surface area contributed by atoms with Gasteiger partial charge in [0.15, 0.2) is 0 Å². The smallest absolute Gasteiger partial charge is 0.268 e. The fourth-order valence-electron chi connectivity index (χ4n) is 4.27. The third-order valence-electron chi connectivity index (χ3n) is 6.85. The van der Waals surface area contributed by atoms with Crippen LogP contribution in [0.5, 0.6) is 0 Å². The van der Waals surface area contributed by atoms with Crippen molar-refractivity contribution in [1.29, 1.82) is 0 Å². The fourth-order valence-corrected chi connectivity index (χ4v) is 4.99. The van der Waals surface area contributed by atoms with Crippen molar-refractivity contribution in [2.75, 3.05) is 40.9 Å². The van der Waals surface area contributed by atoms with Gasteiger partial charge in [-0.15, -0.1) is 0 Å². The summed E-state index contributed by atoms with van der Waals surface area (Å²) >= 11 is 0. The van der Waals surface area contributed by atoms with Gasteiger partial charge in [0.05, 0.1) is 39.9 Å². The van der Waals surface area contributed by atoms with Crippen LogP contribution in [0, 0.1) is 0 Å². The molecule has 2 N–H and O–H groups in total. The Kier molecular flexibility index (Phi) is 22.9. The summed E-state index contributed by atoms with van der Waals surface area (Å²) in [4.78, 5) is 24.7. The number of hydrogen-bond acceptors (Lipinski definition) is 6. The zero-order chi connectivity index (χ0) is 28.7. The van der Waals surface area contributed by atoms with Crippen molar-refractivity contribution in [3.05, 3.63) is 0 Å². The molecule has 3 unspecified atom stereocenters. The Balaban J connectivity index is 4.45. The van der Waals surface area contributed by atoms with Gasteiger partial charge in [0.2, 0.25) is 5.91 Å². The highest BCUT2D eigenvalue weighted by molar-refractivity contribution is 7.45. The topological polar surface area (TPSA) is 108 Å². The van der Waals surface area contributed by atoms with Crippen LogP contribution < -0.4 is 10.2 Å². The number of likely N-dealkylation sites (N-methyl/N-ethyl adjacent to an activating group) is 1.